The Balaban J connectivity index is 1.43. The Bertz CT molecular complexity index is 1100. The van der Waals surface area contributed by atoms with E-state index in [2.05, 4.69) is 20.3 Å². The third-order valence-corrected chi connectivity index (χ3v) is 4.90. The number of pyridine rings is 2. The van der Waals surface area contributed by atoms with Crippen molar-refractivity contribution in [2.24, 2.45) is 0 Å². The Morgan fingerprint density at radius 2 is 1.89 bits per heavy atom. The fraction of sp³-hybridized carbons (Fsp3) is 0.0476. The van der Waals surface area contributed by atoms with Crippen molar-refractivity contribution < 1.29 is 9.18 Å². The molecule has 0 aliphatic rings. The van der Waals surface area contributed by atoms with Gasteiger partial charge in [0.25, 0.3) is 5.91 Å². The number of carbonyl (C=O) groups excluding carboxylic acids is 1. The van der Waals surface area contributed by atoms with E-state index >= 15 is 0 Å². The number of hydrogen-bond donors (Lipinski definition) is 1. The second-order valence-corrected chi connectivity index (χ2v) is 6.94. The smallest absolute Gasteiger partial charge is 0.276 e. The van der Waals surface area contributed by atoms with Gasteiger partial charge in [0.1, 0.15) is 17.3 Å². The summed E-state index contributed by atoms with van der Waals surface area (Å²) in [7, 11) is 0. The van der Waals surface area contributed by atoms with Gasteiger partial charge in [0, 0.05) is 29.8 Å². The number of nitrogens with zero attached hydrogens (tertiary/aromatic N) is 3. The van der Waals surface area contributed by atoms with E-state index in [1.54, 1.807) is 42.0 Å². The van der Waals surface area contributed by atoms with Crippen molar-refractivity contribution in [3.8, 4) is 11.3 Å². The van der Waals surface area contributed by atoms with Gasteiger partial charge in [-0.05, 0) is 35.9 Å². The summed E-state index contributed by atoms with van der Waals surface area (Å²) in [6.45, 7) is 0. The maximum absolute atomic E-state index is 13.8. The molecule has 28 heavy (non-hydrogen) atoms. The van der Waals surface area contributed by atoms with Crippen molar-refractivity contribution in [3.05, 3.63) is 94.5 Å². The quantitative estimate of drug-likeness (QED) is 0.542. The number of carbonyl (C=O) groups is 1. The molecule has 7 heteroatoms. The Morgan fingerprint density at radius 3 is 2.64 bits per heavy atom. The summed E-state index contributed by atoms with van der Waals surface area (Å²) in [6, 6.07) is 15.7. The summed E-state index contributed by atoms with van der Waals surface area (Å²) in [6.07, 6.45) is 3.72. The van der Waals surface area contributed by atoms with Gasteiger partial charge in [-0.15, -0.1) is 11.3 Å². The first-order valence-electron chi connectivity index (χ1n) is 8.55. The lowest BCUT2D eigenvalue weighted by Crippen LogP contribution is -2.13. The monoisotopic (exact) mass is 390 g/mol. The van der Waals surface area contributed by atoms with Crippen LogP contribution in [0.5, 0.6) is 0 Å². The first kappa shape index (κ1) is 17.9. The molecule has 5 nitrogen and oxygen atoms in total. The molecule has 0 bridgehead atoms. The van der Waals surface area contributed by atoms with Crippen molar-refractivity contribution in [2.75, 3.05) is 5.32 Å². The van der Waals surface area contributed by atoms with E-state index in [0.717, 1.165) is 11.3 Å². The highest BCUT2D eigenvalue weighted by Gasteiger charge is 2.13. The maximum Gasteiger partial charge on any atom is 0.276 e. The third-order valence-electron chi connectivity index (χ3n) is 4.05. The molecule has 0 saturated carbocycles. The van der Waals surface area contributed by atoms with Gasteiger partial charge in [-0.1, -0.05) is 24.3 Å². The lowest BCUT2D eigenvalue weighted by atomic mass is 10.1. The van der Waals surface area contributed by atoms with Gasteiger partial charge in [0.2, 0.25) is 0 Å². The van der Waals surface area contributed by atoms with Gasteiger partial charge in [-0.2, -0.15) is 0 Å². The summed E-state index contributed by atoms with van der Waals surface area (Å²) < 4.78 is 13.8. The van der Waals surface area contributed by atoms with Crippen LogP contribution in [-0.2, 0) is 6.42 Å². The number of amides is 1. The zero-order valence-corrected chi connectivity index (χ0v) is 15.5. The maximum atomic E-state index is 13.8. The van der Waals surface area contributed by atoms with Crippen LogP contribution in [0.15, 0.2) is 72.4 Å². The number of anilines is 1. The highest BCUT2D eigenvalue weighted by molar-refractivity contribution is 7.09. The van der Waals surface area contributed by atoms with E-state index in [1.165, 1.54) is 17.4 Å². The normalized spacial score (nSPS) is 10.6. The van der Waals surface area contributed by atoms with Crippen LogP contribution in [-0.4, -0.2) is 20.9 Å². The van der Waals surface area contributed by atoms with Gasteiger partial charge in [-0.25, -0.2) is 14.4 Å². The molecule has 0 atom stereocenters. The van der Waals surface area contributed by atoms with E-state index in [0.29, 0.717) is 22.8 Å². The van der Waals surface area contributed by atoms with Crippen molar-refractivity contribution in [2.45, 2.75) is 6.42 Å². The predicted molar refractivity (Wildman–Crippen MR) is 107 cm³/mol. The highest BCUT2D eigenvalue weighted by Crippen LogP contribution is 2.19. The topological polar surface area (TPSA) is 67.8 Å². The number of hydrogen-bond acceptors (Lipinski definition) is 5. The first-order chi connectivity index (χ1) is 13.7. The molecule has 3 aromatic heterocycles. The molecule has 0 fully saturated rings. The van der Waals surface area contributed by atoms with Crippen LogP contribution in [0, 0.1) is 5.82 Å². The van der Waals surface area contributed by atoms with E-state index in [9.17, 15) is 9.18 Å². The average molecular weight is 390 g/mol. The molecular weight excluding hydrogens is 375 g/mol. The summed E-state index contributed by atoms with van der Waals surface area (Å²) in [5.74, 6) is -0.205. The molecule has 1 N–H and O–H groups in total. The number of aromatic nitrogens is 3. The molecular formula is C21H15FN4OS. The fourth-order valence-corrected chi connectivity index (χ4v) is 3.43. The second-order valence-electron chi connectivity index (χ2n) is 6.00. The number of thiazole rings is 1. The minimum absolute atomic E-state index is 0.277. The SMILES string of the molecule is O=C(Nc1ccc(-c2ccccn2)cn1)c1csc(Cc2ccccc2F)n1. The average Bonchev–Trinajstić information content (AvgIpc) is 3.20. The Kier molecular flexibility index (Phi) is 5.16. The van der Waals surface area contributed by atoms with Crippen LogP contribution in [0.4, 0.5) is 10.2 Å². The van der Waals surface area contributed by atoms with Crippen LogP contribution in [0.1, 0.15) is 21.1 Å². The minimum atomic E-state index is -0.353. The largest absolute Gasteiger partial charge is 0.305 e. The Hall–Kier alpha value is -3.45. The van der Waals surface area contributed by atoms with Crippen LogP contribution < -0.4 is 5.32 Å². The number of nitrogens with one attached hydrogen (secondary N) is 1. The van der Waals surface area contributed by atoms with Gasteiger partial charge < -0.3 is 5.32 Å². The molecule has 138 valence electrons. The Morgan fingerprint density at radius 1 is 1.04 bits per heavy atom. The molecule has 0 unspecified atom stereocenters. The first-order valence-corrected chi connectivity index (χ1v) is 9.43. The molecule has 0 aliphatic carbocycles. The number of halogens is 1. The van der Waals surface area contributed by atoms with Crippen molar-refractivity contribution in [1.82, 2.24) is 15.0 Å². The molecule has 4 aromatic rings. The van der Waals surface area contributed by atoms with Crippen LogP contribution in [0.25, 0.3) is 11.3 Å². The summed E-state index contributed by atoms with van der Waals surface area (Å²) in [5.41, 5.74) is 2.51. The molecule has 0 spiro atoms. The van der Waals surface area contributed by atoms with Crippen LogP contribution in [0.3, 0.4) is 0 Å². The van der Waals surface area contributed by atoms with Crippen molar-refractivity contribution >= 4 is 23.1 Å². The molecule has 0 saturated heterocycles. The molecule has 1 amide bonds. The van der Waals surface area contributed by atoms with E-state index in [4.69, 9.17) is 0 Å². The van der Waals surface area contributed by atoms with E-state index in [-0.39, 0.29) is 17.4 Å². The van der Waals surface area contributed by atoms with Gasteiger partial charge in [-0.3, -0.25) is 9.78 Å². The zero-order chi connectivity index (χ0) is 19.3. The van der Waals surface area contributed by atoms with Gasteiger partial charge in [0.15, 0.2) is 0 Å². The number of rotatable bonds is 5. The summed E-state index contributed by atoms with van der Waals surface area (Å²) in [5, 5.41) is 5.06. The summed E-state index contributed by atoms with van der Waals surface area (Å²) in [4.78, 5) is 25.2. The standard InChI is InChI=1S/C21H15FN4OS/c22-16-6-2-1-5-14(16)11-20-25-18(13-28-20)21(27)26-19-9-8-15(12-24-19)17-7-3-4-10-23-17/h1-10,12-13H,11H2,(H,24,26,27). The summed E-state index contributed by atoms with van der Waals surface area (Å²) >= 11 is 1.32. The number of benzene rings is 1. The van der Waals surface area contributed by atoms with Crippen LogP contribution >= 0.6 is 11.3 Å². The third kappa shape index (κ3) is 4.10. The van der Waals surface area contributed by atoms with E-state index in [1.807, 2.05) is 24.3 Å². The van der Waals surface area contributed by atoms with E-state index < -0.39 is 0 Å². The molecule has 4 rings (SSSR count). The van der Waals surface area contributed by atoms with Gasteiger partial charge >= 0.3 is 0 Å². The van der Waals surface area contributed by atoms with Crippen molar-refractivity contribution in [1.29, 1.82) is 0 Å². The predicted octanol–water partition coefficient (Wildman–Crippen LogP) is 4.58. The molecule has 0 radical (unpaired) electrons. The molecule has 3 heterocycles. The minimum Gasteiger partial charge on any atom is -0.305 e. The zero-order valence-electron chi connectivity index (χ0n) is 14.7. The highest BCUT2D eigenvalue weighted by atomic mass is 32.1. The fourth-order valence-electron chi connectivity index (χ4n) is 2.63. The lowest BCUT2D eigenvalue weighted by Gasteiger charge is -2.04. The molecule has 0 aliphatic heterocycles. The Labute approximate surface area is 165 Å². The van der Waals surface area contributed by atoms with Gasteiger partial charge in [0.05, 0.1) is 10.7 Å². The lowest BCUT2D eigenvalue weighted by molar-refractivity contribution is 0.102. The molecule has 1 aromatic carbocycles. The van der Waals surface area contributed by atoms with Crippen molar-refractivity contribution in [3.63, 3.8) is 0 Å². The second kappa shape index (κ2) is 8.06. The van der Waals surface area contributed by atoms with Crippen LogP contribution in [0.2, 0.25) is 0 Å².